The molecule has 1 saturated heterocycles. The molecule has 0 spiro atoms. The van der Waals surface area contributed by atoms with Gasteiger partial charge < -0.3 is 9.84 Å². The van der Waals surface area contributed by atoms with Gasteiger partial charge in [-0.25, -0.2) is 0 Å². The predicted octanol–water partition coefficient (Wildman–Crippen LogP) is 2.13. The van der Waals surface area contributed by atoms with Gasteiger partial charge in [0.1, 0.15) is 0 Å². The van der Waals surface area contributed by atoms with Gasteiger partial charge in [-0.3, -0.25) is 0 Å². The number of hydrogen-bond donors (Lipinski definition) is 1. The average molecular weight is 184 g/mol. The van der Waals surface area contributed by atoms with Crippen LogP contribution >= 0.6 is 0 Å². The molecule has 1 heterocycles. The van der Waals surface area contributed by atoms with E-state index in [1.165, 1.54) is 0 Å². The van der Waals surface area contributed by atoms with Gasteiger partial charge in [-0.05, 0) is 33.1 Å². The van der Waals surface area contributed by atoms with Crippen molar-refractivity contribution in [3.8, 4) is 0 Å². The number of aliphatic hydroxyl groups is 1. The second-order valence-electron chi connectivity index (χ2n) is 4.20. The van der Waals surface area contributed by atoms with Gasteiger partial charge in [0, 0.05) is 5.92 Å². The first-order chi connectivity index (χ1) is 6.09. The van der Waals surface area contributed by atoms with Gasteiger partial charge in [-0.2, -0.15) is 0 Å². The minimum absolute atomic E-state index is 0.207. The van der Waals surface area contributed by atoms with E-state index in [9.17, 15) is 5.11 Å². The highest BCUT2D eigenvalue weighted by Gasteiger charge is 2.27. The van der Waals surface area contributed by atoms with E-state index in [0.29, 0.717) is 12.0 Å². The highest BCUT2D eigenvalue weighted by Crippen LogP contribution is 2.25. The van der Waals surface area contributed by atoms with Gasteiger partial charge >= 0.3 is 0 Å². The Kier molecular flexibility index (Phi) is 3.94. The van der Waals surface area contributed by atoms with Crippen molar-refractivity contribution in [1.82, 2.24) is 0 Å². The SMILES string of the molecule is C=C(C)CCC(O)C1COC(C)C1. The molecule has 3 unspecified atom stereocenters. The molecule has 1 aliphatic rings. The second-order valence-corrected chi connectivity index (χ2v) is 4.20. The molecule has 0 aromatic heterocycles. The van der Waals surface area contributed by atoms with Crippen LogP contribution in [0.2, 0.25) is 0 Å². The Morgan fingerprint density at radius 3 is 2.85 bits per heavy atom. The fourth-order valence-electron chi connectivity index (χ4n) is 1.75. The lowest BCUT2D eigenvalue weighted by atomic mass is 9.95. The Morgan fingerprint density at radius 1 is 1.69 bits per heavy atom. The summed E-state index contributed by atoms with van der Waals surface area (Å²) < 4.78 is 5.41. The summed E-state index contributed by atoms with van der Waals surface area (Å²) in [5.74, 6) is 0.342. The molecular formula is C11H20O2. The van der Waals surface area contributed by atoms with Crippen molar-refractivity contribution in [1.29, 1.82) is 0 Å². The van der Waals surface area contributed by atoms with Crippen LogP contribution in [0.15, 0.2) is 12.2 Å². The first-order valence-corrected chi connectivity index (χ1v) is 5.03. The van der Waals surface area contributed by atoms with E-state index in [-0.39, 0.29) is 6.10 Å². The topological polar surface area (TPSA) is 29.5 Å². The minimum Gasteiger partial charge on any atom is -0.393 e. The molecule has 0 amide bonds. The molecule has 13 heavy (non-hydrogen) atoms. The molecule has 1 N–H and O–H groups in total. The third-order valence-corrected chi connectivity index (χ3v) is 2.64. The fourth-order valence-corrected chi connectivity index (χ4v) is 1.75. The first kappa shape index (κ1) is 10.7. The number of ether oxygens (including phenoxy) is 1. The number of hydrogen-bond acceptors (Lipinski definition) is 2. The Morgan fingerprint density at radius 2 is 2.38 bits per heavy atom. The number of rotatable bonds is 4. The Bertz CT molecular complexity index is 177. The summed E-state index contributed by atoms with van der Waals surface area (Å²) in [5.41, 5.74) is 1.14. The summed E-state index contributed by atoms with van der Waals surface area (Å²) in [7, 11) is 0. The summed E-state index contributed by atoms with van der Waals surface area (Å²) in [4.78, 5) is 0. The largest absolute Gasteiger partial charge is 0.393 e. The molecule has 3 atom stereocenters. The van der Waals surface area contributed by atoms with Crippen molar-refractivity contribution < 1.29 is 9.84 Å². The van der Waals surface area contributed by atoms with Crippen LogP contribution in [0.1, 0.15) is 33.1 Å². The van der Waals surface area contributed by atoms with Gasteiger partial charge in [0.2, 0.25) is 0 Å². The molecule has 0 aromatic rings. The van der Waals surface area contributed by atoms with Crippen LogP contribution in [-0.2, 0) is 4.74 Å². The highest BCUT2D eigenvalue weighted by molar-refractivity contribution is 4.89. The third kappa shape index (κ3) is 3.49. The zero-order valence-corrected chi connectivity index (χ0v) is 8.62. The van der Waals surface area contributed by atoms with E-state index in [2.05, 4.69) is 13.5 Å². The quantitative estimate of drug-likeness (QED) is 0.678. The van der Waals surface area contributed by atoms with E-state index in [0.717, 1.165) is 31.4 Å². The molecule has 0 radical (unpaired) electrons. The maximum atomic E-state index is 9.79. The van der Waals surface area contributed by atoms with Crippen LogP contribution < -0.4 is 0 Å². The van der Waals surface area contributed by atoms with Gasteiger partial charge in [0.15, 0.2) is 0 Å². The van der Waals surface area contributed by atoms with Gasteiger partial charge in [-0.15, -0.1) is 6.58 Å². The molecule has 76 valence electrons. The Labute approximate surface area is 80.6 Å². The van der Waals surface area contributed by atoms with Crippen molar-refractivity contribution >= 4 is 0 Å². The van der Waals surface area contributed by atoms with Crippen LogP contribution in [0.5, 0.6) is 0 Å². The van der Waals surface area contributed by atoms with Crippen molar-refractivity contribution in [2.75, 3.05) is 6.61 Å². The lowest BCUT2D eigenvalue weighted by Crippen LogP contribution is -2.20. The van der Waals surface area contributed by atoms with Crippen LogP contribution in [0.25, 0.3) is 0 Å². The molecule has 0 aromatic carbocycles. The lowest BCUT2D eigenvalue weighted by molar-refractivity contribution is 0.0758. The van der Waals surface area contributed by atoms with Gasteiger partial charge in [0.25, 0.3) is 0 Å². The molecule has 2 heteroatoms. The summed E-state index contributed by atoms with van der Waals surface area (Å²) in [6, 6.07) is 0. The van der Waals surface area contributed by atoms with E-state index in [1.54, 1.807) is 0 Å². The van der Waals surface area contributed by atoms with Crippen LogP contribution in [-0.4, -0.2) is 23.9 Å². The maximum Gasteiger partial charge on any atom is 0.0594 e. The molecule has 0 saturated carbocycles. The van der Waals surface area contributed by atoms with E-state index in [4.69, 9.17) is 4.74 Å². The molecule has 2 nitrogen and oxygen atoms in total. The summed E-state index contributed by atoms with van der Waals surface area (Å²) in [6.07, 6.45) is 2.87. The Balaban J connectivity index is 2.23. The van der Waals surface area contributed by atoms with Gasteiger partial charge in [0.05, 0.1) is 18.8 Å². The lowest BCUT2D eigenvalue weighted by Gasteiger charge is -2.16. The van der Waals surface area contributed by atoms with Crippen molar-refractivity contribution in [3.05, 3.63) is 12.2 Å². The molecule has 1 fully saturated rings. The third-order valence-electron chi connectivity index (χ3n) is 2.64. The fraction of sp³-hybridized carbons (Fsp3) is 0.818. The van der Waals surface area contributed by atoms with Crippen molar-refractivity contribution in [2.24, 2.45) is 5.92 Å². The maximum absolute atomic E-state index is 9.79. The van der Waals surface area contributed by atoms with Crippen molar-refractivity contribution in [2.45, 2.75) is 45.3 Å². The van der Waals surface area contributed by atoms with Crippen LogP contribution in [0, 0.1) is 5.92 Å². The van der Waals surface area contributed by atoms with Crippen molar-refractivity contribution in [3.63, 3.8) is 0 Å². The predicted molar refractivity (Wildman–Crippen MR) is 53.6 cm³/mol. The standard InChI is InChI=1S/C11H20O2/c1-8(2)4-5-11(12)10-6-9(3)13-7-10/h9-12H,1,4-7H2,2-3H3. The van der Waals surface area contributed by atoms with E-state index >= 15 is 0 Å². The molecule has 0 aliphatic carbocycles. The van der Waals surface area contributed by atoms with E-state index < -0.39 is 0 Å². The number of aliphatic hydroxyl groups excluding tert-OH is 1. The molecule has 1 rings (SSSR count). The Hall–Kier alpha value is -0.340. The summed E-state index contributed by atoms with van der Waals surface area (Å²) in [6.45, 7) is 8.61. The normalized spacial score (nSPS) is 30.4. The minimum atomic E-state index is -0.207. The zero-order valence-electron chi connectivity index (χ0n) is 8.62. The monoisotopic (exact) mass is 184 g/mol. The second kappa shape index (κ2) is 4.77. The molecule has 0 bridgehead atoms. The first-order valence-electron chi connectivity index (χ1n) is 5.03. The smallest absolute Gasteiger partial charge is 0.0594 e. The molecule has 1 aliphatic heterocycles. The van der Waals surface area contributed by atoms with Gasteiger partial charge in [-0.1, -0.05) is 5.57 Å². The zero-order chi connectivity index (χ0) is 9.84. The average Bonchev–Trinajstić information content (AvgIpc) is 2.47. The summed E-state index contributed by atoms with van der Waals surface area (Å²) in [5, 5.41) is 9.79. The summed E-state index contributed by atoms with van der Waals surface area (Å²) >= 11 is 0. The molecular weight excluding hydrogens is 164 g/mol. The van der Waals surface area contributed by atoms with Crippen LogP contribution in [0.4, 0.5) is 0 Å². The highest BCUT2D eigenvalue weighted by atomic mass is 16.5. The van der Waals surface area contributed by atoms with E-state index in [1.807, 2.05) is 6.92 Å². The number of allylic oxidation sites excluding steroid dienone is 1. The van der Waals surface area contributed by atoms with Crippen LogP contribution in [0.3, 0.4) is 0 Å².